The fourth-order valence-corrected chi connectivity index (χ4v) is 2.71. The highest BCUT2D eigenvalue weighted by Gasteiger charge is 2.08. The molecule has 6 heteroatoms. The summed E-state index contributed by atoms with van der Waals surface area (Å²) in [7, 11) is 0. The summed E-state index contributed by atoms with van der Waals surface area (Å²) in [4.78, 5) is 15.5. The van der Waals surface area contributed by atoms with E-state index in [2.05, 4.69) is 4.98 Å². The molecule has 0 bridgehead atoms. The van der Waals surface area contributed by atoms with Crippen molar-refractivity contribution in [3.63, 3.8) is 0 Å². The van der Waals surface area contributed by atoms with Gasteiger partial charge < -0.3 is 5.11 Å². The Morgan fingerprint density at radius 3 is 2.71 bits per heavy atom. The molecule has 1 aromatic heterocycles. The van der Waals surface area contributed by atoms with Crippen LogP contribution in [0.1, 0.15) is 15.5 Å². The molecule has 2 rings (SSSR count). The largest absolute Gasteiger partial charge is 0.476 e. The van der Waals surface area contributed by atoms with Gasteiger partial charge in [-0.2, -0.15) is 0 Å². The number of benzene rings is 1. The Labute approximate surface area is 105 Å². The Morgan fingerprint density at radius 2 is 2.12 bits per heavy atom. The van der Waals surface area contributed by atoms with E-state index in [9.17, 15) is 9.18 Å². The number of halogens is 1. The van der Waals surface area contributed by atoms with Crippen LogP contribution in [0.15, 0.2) is 34.5 Å². The standard InChI is InChI=1S/C11H8FNO2S2/c12-7-1-3-9(4-2-7)16-5-8-6-17-10(13-8)11(14)15/h1-4,6H,5H2,(H,14,15). The monoisotopic (exact) mass is 269 g/mol. The number of carbonyl (C=O) groups is 1. The molecule has 0 fully saturated rings. The summed E-state index contributed by atoms with van der Waals surface area (Å²) in [6.45, 7) is 0. The highest BCUT2D eigenvalue weighted by Crippen LogP contribution is 2.23. The normalized spacial score (nSPS) is 10.4. The molecule has 17 heavy (non-hydrogen) atoms. The van der Waals surface area contributed by atoms with Crippen LogP contribution in [-0.4, -0.2) is 16.1 Å². The minimum atomic E-state index is -1.01. The van der Waals surface area contributed by atoms with Gasteiger partial charge in [-0.05, 0) is 24.3 Å². The molecule has 88 valence electrons. The number of aromatic nitrogens is 1. The molecule has 1 heterocycles. The lowest BCUT2D eigenvalue weighted by Gasteiger charge is -1.98. The van der Waals surface area contributed by atoms with Crippen molar-refractivity contribution in [1.82, 2.24) is 4.98 Å². The van der Waals surface area contributed by atoms with Gasteiger partial charge in [0.15, 0.2) is 0 Å². The summed E-state index contributed by atoms with van der Waals surface area (Å²) in [6.07, 6.45) is 0. The highest BCUT2D eigenvalue weighted by molar-refractivity contribution is 7.98. The molecule has 0 radical (unpaired) electrons. The molecule has 0 saturated heterocycles. The summed E-state index contributed by atoms with van der Waals surface area (Å²) in [5, 5.41) is 10.5. The third-order valence-electron chi connectivity index (χ3n) is 1.94. The van der Waals surface area contributed by atoms with E-state index in [1.807, 2.05) is 0 Å². The lowest BCUT2D eigenvalue weighted by atomic mass is 10.4. The summed E-state index contributed by atoms with van der Waals surface area (Å²) in [5.74, 6) is -0.695. The van der Waals surface area contributed by atoms with E-state index < -0.39 is 5.97 Å². The number of rotatable bonds is 4. The zero-order valence-corrected chi connectivity index (χ0v) is 10.2. The van der Waals surface area contributed by atoms with Gasteiger partial charge in [0.2, 0.25) is 5.01 Å². The fourth-order valence-electron chi connectivity index (χ4n) is 1.16. The zero-order valence-electron chi connectivity index (χ0n) is 8.59. The minimum Gasteiger partial charge on any atom is -0.476 e. The average Bonchev–Trinajstić information content (AvgIpc) is 2.77. The number of hydrogen-bond acceptors (Lipinski definition) is 4. The van der Waals surface area contributed by atoms with Crippen molar-refractivity contribution in [2.24, 2.45) is 0 Å². The fraction of sp³-hybridized carbons (Fsp3) is 0.0909. The van der Waals surface area contributed by atoms with Crippen LogP contribution in [0.3, 0.4) is 0 Å². The molecule has 0 aliphatic heterocycles. The molecule has 0 aliphatic rings. The number of nitrogens with zero attached hydrogens (tertiary/aromatic N) is 1. The lowest BCUT2D eigenvalue weighted by molar-refractivity contribution is 0.0696. The molecular weight excluding hydrogens is 261 g/mol. The van der Waals surface area contributed by atoms with Gasteiger partial charge in [-0.3, -0.25) is 0 Å². The maximum Gasteiger partial charge on any atom is 0.365 e. The molecule has 2 aromatic rings. The SMILES string of the molecule is O=C(O)c1nc(CSc2ccc(F)cc2)cs1. The van der Waals surface area contributed by atoms with Crippen LogP contribution in [0, 0.1) is 5.82 Å². The highest BCUT2D eigenvalue weighted by atomic mass is 32.2. The van der Waals surface area contributed by atoms with E-state index in [4.69, 9.17) is 5.11 Å². The molecule has 0 amide bonds. The Kier molecular flexibility index (Phi) is 3.75. The lowest BCUT2D eigenvalue weighted by Crippen LogP contribution is -1.94. The van der Waals surface area contributed by atoms with Crippen molar-refractivity contribution in [2.75, 3.05) is 0 Å². The van der Waals surface area contributed by atoms with E-state index >= 15 is 0 Å². The number of thiazole rings is 1. The number of carboxylic acids is 1. The third-order valence-corrected chi connectivity index (χ3v) is 3.86. The molecule has 0 spiro atoms. The van der Waals surface area contributed by atoms with Crippen LogP contribution in [-0.2, 0) is 5.75 Å². The second-order valence-electron chi connectivity index (χ2n) is 3.19. The van der Waals surface area contributed by atoms with Crippen molar-refractivity contribution in [2.45, 2.75) is 10.6 Å². The first-order valence-corrected chi connectivity index (χ1v) is 6.58. The average molecular weight is 269 g/mol. The molecule has 1 aromatic carbocycles. The van der Waals surface area contributed by atoms with Gasteiger partial charge in [0.25, 0.3) is 0 Å². The van der Waals surface area contributed by atoms with Gasteiger partial charge in [0, 0.05) is 16.0 Å². The van der Waals surface area contributed by atoms with Crippen LogP contribution in [0.4, 0.5) is 4.39 Å². The van der Waals surface area contributed by atoms with Gasteiger partial charge >= 0.3 is 5.97 Å². The van der Waals surface area contributed by atoms with Gasteiger partial charge in [0.1, 0.15) is 5.82 Å². The topological polar surface area (TPSA) is 50.2 Å². The van der Waals surface area contributed by atoms with Crippen molar-refractivity contribution in [3.8, 4) is 0 Å². The van der Waals surface area contributed by atoms with Crippen molar-refractivity contribution in [3.05, 3.63) is 46.2 Å². The molecule has 0 unspecified atom stereocenters. The summed E-state index contributed by atoms with van der Waals surface area (Å²) < 4.78 is 12.7. The van der Waals surface area contributed by atoms with Gasteiger partial charge in [-0.1, -0.05) is 0 Å². The predicted molar refractivity (Wildman–Crippen MR) is 65.0 cm³/mol. The molecule has 0 saturated carbocycles. The van der Waals surface area contributed by atoms with Crippen molar-refractivity contribution >= 4 is 29.1 Å². The van der Waals surface area contributed by atoms with E-state index in [0.717, 1.165) is 21.9 Å². The van der Waals surface area contributed by atoms with E-state index in [-0.39, 0.29) is 10.8 Å². The maximum absolute atomic E-state index is 12.7. The minimum absolute atomic E-state index is 0.0970. The molecule has 0 atom stereocenters. The first-order chi connectivity index (χ1) is 8.15. The number of aromatic carboxylic acids is 1. The smallest absolute Gasteiger partial charge is 0.365 e. The Balaban J connectivity index is 1.97. The summed E-state index contributed by atoms with van der Waals surface area (Å²) in [5.41, 5.74) is 0.724. The van der Waals surface area contributed by atoms with Crippen LogP contribution < -0.4 is 0 Å². The number of carboxylic acid groups (broad SMARTS) is 1. The van der Waals surface area contributed by atoms with E-state index in [1.165, 1.54) is 23.9 Å². The second-order valence-corrected chi connectivity index (χ2v) is 5.10. The Bertz CT molecular complexity index is 525. The van der Waals surface area contributed by atoms with Crippen LogP contribution in [0.25, 0.3) is 0 Å². The van der Waals surface area contributed by atoms with E-state index in [0.29, 0.717) is 5.75 Å². The van der Waals surface area contributed by atoms with Crippen LogP contribution in [0.2, 0.25) is 0 Å². The zero-order chi connectivity index (χ0) is 12.3. The third kappa shape index (κ3) is 3.28. The van der Waals surface area contributed by atoms with Crippen LogP contribution in [0.5, 0.6) is 0 Å². The summed E-state index contributed by atoms with van der Waals surface area (Å²) in [6, 6.07) is 6.16. The van der Waals surface area contributed by atoms with Gasteiger partial charge in [-0.15, -0.1) is 23.1 Å². The quantitative estimate of drug-likeness (QED) is 0.865. The van der Waals surface area contributed by atoms with Gasteiger partial charge in [-0.25, -0.2) is 14.2 Å². The molecule has 0 aliphatic carbocycles. The maximum atomic E-state index is 12.7. The molecule has 3 nitrogen and oxygen atoms in total. The first-order valence-electron chi connectivity index (χ1n) is 4.71. The second kappa shape index (κ2) is 5.29. The van der Waals surface area contributed by atoms with Crippen LogP contribution >= 0.6 is 23.1 Å². The number of hydrogen-bond donors (Lipinski definition) is 1. The molecule has 1 N–H and O–H groups in total. The molecular formula is C11H8FNO2S2. The van der Waals surface area contributed by atoms with Gasteiger partial charge in [0.05, 0.1) is 5.69 Å². The number of thioether (sulfide) groups is 1. The predicted octanol–water partition coefficient (Wildman–Crippen LogP) is 3.27. The van der Waals surface area contributed by atoms with Crippen molar-refractivity contribution in [1.29, 1.82) is 0 Å². The van der Waals surface area contributed by atoms with Crippen molar-refractivity contribution < 1.29 is 14.3 Å². The Morgan fingerprint density at radius 1 is 1.41 bits per heavy atom. The van der Waals surface area contributed by atoms with E-state index in [1.54, 1.807) is 17.5 Å². The first kappa shape index (κ1) is 12.1. The summed E-state index contributed by atoms with van der Waals surface area (Å²) >= 11 is 2.60. The Hall–Kier alpha value is -1.40.